The van der Waals surface area contributed by atoms with Crippen LogP contribution in [0.4, 0.5) is 0 Å². The lowest BCUT2D eigenvalue weighted by Gasteiger charge is -2.07. The summed E-state index contributed by atoms with van der Waals surface area (Å²) < 4.78 is 1.38. The molecule has 2 rings (SSSR count). The minimum Gasteiger partial charge on any atom is -0.316 e. The third-order valence-electron chi connectivity index (χ3n) is 1.33. The first-order valence-corrected chi connectivity index (χ1v) is 2.96. The maximum Gasteiger partial charge on any atom is 0.362 e. The van der Waals surface area contributed by atoms with Crippen LogP contribution in [0.3, 0.4) is 0 Å². The van der Waals surface area contributed by atoms with E-state index in [1.54, 1.807) is 6.08 Å². The van der Waals surface area contributed by atoms with Crippen LogP contribution in [0.1, 0.15) is 5.82 Å². The fourth-order valence-corrected chi connectivity index (χ4v) is 0.882. The van der Waals surface area contributed by atoms with Crippen LogP contribution in [0, 0.1) is 0 Å². The SMILES string of the molecule is O=c1[nH]nc2n1NCC=C2. The summed E-state index contributed by atoms with van der Waals surface area (Å²) in [5.41, 5.74) is 2.61. The van der Waals surface area contributed by atoms with Crippen LogP contribution in [0.5, 0.6) is 0 Å². The van der Waals surface area contributed by atoms with Crippen molar-refractivity contribution in [2.24, 2.45) is 0 Å². The Bertz CT molecular complexity index is 321. The van der Waals surface area contributed by atoms with Crippen LogP contribution >= 0.6 is 0 Å². The zero-order chi connectivity index (χ0) is 6.97. The van der Waals surface area contributed by atoms with Gasteiger partial charge in [-0.1, -0.05) is 6.08 Å². The first-order valence-electron chi connectivity index (χ1n) is 2.96. The first-order chi connectivity index (χ1) is 4.88. The number of nitrogens with zero attached hydrogens (tertiary/aromatic N) is 2. The molecule has 0 unspecified atom stereocenters. The van der Waals surface area contributed by atoms with Crippen LogP contribution in [-0.2, 0) is 0 Å². The van der Waals surface area contributed by atoms with E-state index in [9.17, 15) is 4.79 Å². The van der Waals surface area contributed by atoms with Gasteiger partial charge in [-0.25, -0.2) is 9.89 Å². The number of rotatable bonds is 0. The molecule has 0 atom stereocenters. The van der Waals surface area contributed by atoms with Gasteiger partial charge in [0, 0.05) is 0 Å². The third-order valence-corrected chi connectivity index (χ3v) is 1.33. The maximum atomic E-state index is 10.8. The second-order valence-electron chi connectivity index (χ2n) is 1.99. The molecule has 1 aliphatic rings. The monoisotopic (exact) mass is 138 g/mol. The topological polar surface area (TPSA) is 62.7 Å². The van der Waals surface area contributed by atoms with Gasteiger partial charge in [0.25, 0.3) is 0 Å². The van der Waals surface area contributed by atoms with Crippen molar-refractivity contribution in [1.29, 1.82) is 0 Å². The number of hydrogen-bond acceptors (Lipinski definition) is 3. The molecule has 0 spiro atoms. The number of nitrogens with one attached hydrogen (secondary N) is 2. The molecule has 5 heteroatoms. The van der Waals surface area contributed by atoms with E-state index in [-0.39, 0.29) is 5.69 Å². The number of H-pyrrole nitrogens is 1. The van der Waals surface area contributed by atoms with Crippen molar-refractivity contribution in [3.05, 3.63) is 22.4 Å². The lowest BCUT2D eigenvalue weighted by molar-refractivity contribution is 0.825. The fourth-order valence-electron chi connectivity index (χ4n) is 0.882. The molecule has 10 heavy (non-hydrogen) atoms. The minimum atomic E-state index is -0.223. The van der Waals surface area contributed by atoms with Crippen LogP contribution in [0.2, 0.25) is 0 Å². The highest BCUT2D eigenvalue weighted by atomic mass is 16.2. The van der Waals surface area contributed by atoms with E-state index in [0.717, 1.165) is 0 Å². The Morgan fingerprint density at radius 3 is 3.40 bits per heavy atom. The van der Waals surface area contributed by atoms with Crippen LogP contribution in [0.15, 0.2) is 10.9 Å². The molecule has 2 heterocycles. The summed E-state index contributed by atoms with van der Waals surface area (Å²) in [7, 11) is 0. The van der Waals surface area contributed by atoms with Gasteiger partial charge in [0.2, 0.25) is 0 Å². The highest BCUT2D eigenvalue weighted by Gasteiger charge is 2.05. The standard InChI is InChI=1S/C5H6N4O/c10-5-8-7-4-2-1-3-6-9(4)5/h1-2,6H,3H2,(H,8,10). The molecule has 2 N–H and O–H groups in total. The normalized spacial score (nSPS) is 14.4. The predicted octanol–water partition coefficient (Wildman–Crippen LogP) is -0.858. The highest BCUT2D eigenvalue weighted by molar-refractivity contribution is 5.42. The summed E-state index contributed by atoms with van der Waals surface area (Å²) >= 11 is 0. The highest BCUT2D eigenvalue weighted by Crippen LogP contribution is 1.95. The Morgan fingerprint density at radius 1 is 1.70 bits per heavy atom. The summed E-state index contributed by atoms with van der Waals surface area (Å²) in [4.78, 5) is 10.8. The number of aromatic nitrogens is 3. The molecule has 52 valence electrons. The van der Waals surface area contributed by atoms with Crippen molar-refractivity contribution < 1.29 is 0 Å². The van der Waals surface area contributed by atoms with E-state index in [4.69, 9.17) is 0 Å². The molecule has 1 aliphatic heterocycles. The first kappa shape index (κ1) is 5.28. The van der Waals surface area contributed by atoms with Gasteiger partial charge >= 0.3 is 5.69 Å². The van der Waals surface area contributed by atoms with Crippen LogP contribution < -0.4 is 11.1 Å². The van der Waals surface area contributed by atoms with Gasteiger partial charge in [0.15, 0.2) is 5.82 Å². The fraction of sp³-hybridized carbons (Fsp3) is 0.200. The summed E-state index contributed by atoms with van der Waals surface area (Å²) in [6, 6.07) is 0. The average molecular weight is 138 g/mol. The Labute approximate surface area is 56.3 Å². The second kappa shape index (κ2) is 1.73. The third kappa shape index (κ3) is 0.570. The zero-order valence-corrected chi connectivity index (χ0v) is 5.16. The average Bonchev–Trinajstić information content (AvgIpc) is 2.34. The van der Waals surface area contributed by atoms with Gasteiger partial charge in [0.05, 0.1) is 6.54 Å². The summed E-state index contributed by atoms with van der Waals surface area (Å²) in [6.07, 6.45) is 3.68. The summed E-state index contributed by atoms with van der Waals surface area (Å²) in [5.74, 6) is 0.622. The zero-order valence-electron chi connectivity index (χ0n) is 5.16. The van der Waals surface area contributed by atoms with Crippen molar-refractivity contribution in [2.45, 2.75) is 0 Å². The Morgan fingerprint density at radius 2 is 2.60 bits per heavy atom. The number of aromatic amines is 1. The van der Waals surface area contributed by atoms with Gasteiger partial charge in [-0.2, -0.15) is 9.77 Å². The van der Waals surface area contributed by atoms with Gasteiger partial charge < -0.3 is 5.43 Å². The lowest BCUT2D eigenvalue weighted by Crippen LogP contribution is -2.29. The Balaban J connectivity index is 2.68. The van der Waals surface area contributed by atoms with Gasteiger partial charge in [-0.05, 0) is 6.08 Å². The molecule has 1 aromatic heterocycles. The van der Waals surface area contributed by atoms with Crippen molar-refractivity contribution in [1.82, 2.24) is 14.9 Å². The van der Waals surface area contributed by atoms with Crippen LogP contribution in [-0.4, -0.2) is 21.4 Å². The second-order valence-corrected chi connectivity index (χ2v) is 1.99. The van der Waals surface area contributed by atoms with Gasteiger partial charge in [-0.15, -0.1) is 0 Å². The molecule has 0 aromatic carbocycles. The predicted molar refractivity (Wildman–Crippen MR) is 36.1 cm³/mol. The molecular formula is C5H6N4O. The largest absolute Gasteiger partial charge is 0.362 e. The molecule has 0 aliphatic carbocycles. The molecule has 1 aromatic rings. The van der Waals surface area contributed by atoms with Crippen molar-refractivity contribution in [3.8, 4) is 0 Å². The van der Waals surface area contributed by atoms with E-state index in [0.29, 0.717) is 12.4 Å². The van der Waals surface area contributed by atoms with E-state index in [2.05, 4.69) is 15.6 Å². The summed E-state index contributed by atoms with van der Waals surface area (Å²) in [5, 5.41) is 6.06. The van der Waals surface area contributed by atoms with Gasteiger partial charge in [0.1, 0.15) is 0 Å². The van der Waals surface area contributed by atoms with E-state index < -0.39 is 0 Å². The molecule has 5 nitrogen and oxygen atoms in total. The number of fused-ring (bicyclic) bond motifs is 1. The molecule has 0 fully saturated rings. The van der Waals surface area contributed by atoms with E-state index in [1.807, 2.05) is 6.08 Å². The molecule has 0 radical (unpaired) electrons. The van der Waals surface area contributed by atoms with Crippen molar-refractivity contribution in [3.63, 3.8) is 0 Å². The lowest BCUT2D eigenvalue weighted by atomic mass is 10.4. The summed E-state index contributed by atoms with van der Waals surface area (Å²) in [6.45, 7) is 0.673. The van der Waals surface area contributed by atoms with E-state index in [1.165, 1.54) is 4.68 Å². The molecule has 0 saturated heterocycles. The molecule has 0 saturated carbocycles. The van der Waals surface area contributed by atoms with Crippen LogP contribution in [0.25, 0.3) is 6.08 Å². The van der Waals surface area contributed by atoms with Crippen molar-refractivity contribution >= 4 is 6.08 Å². The molecule has 0 amide bonds. The maximum absolute atomic E-state index is 10.8. The minimum absolute atomic E-state index is 0.223. The molecular weight excluding hydrogens is 132 g/mol. The smallest absolute Gasteiger partial charge is 0.316 e. The molecule has 0 bridgehead atoms. The van der Waals surface area contributed by atoms with Gasteiger partial charge in [-0.3, -0.25) is 0 Å². The van der Waals surface area contributed by atoms with E-state index >= 15 is 0 Å². The number of hydrogen-bond donors (Lipinski definition) is 2. The van der Waals surface area contributed by atoms with Crippen molar-refractivity contribution in [2.75, 3.05) is 12.0 Å². The Kier molecular flexibility index (Phi) is 0.913. The quantitative estimate of drug-likeness (QED) is 0.490. The Hall–Kier alpha value is -1.52.